The molecule has 0 aliphatic heterocycles. The van der Waals surface area contributed by atoms with Gasteiger partial charge in [-0.3, -0.25) is 0 Å². The summed E-state index contributed by atoms with van der Waals surface area (Å²) in [4.78, 5) is 0. The Balaban J connectivity index is 2.17. The van der Waals surface area contributed by atoms with Crippen molar-refractivity contribution >= 4 is 12.2 Å². The van der Waals surface area contributed by atoms with Crippen LogP contribution in [0.1, 0.15) is 27.8 Å². The third-order valence-corrected chi connectivity index (χ3v) is 3.24. The summed E-state index contributed by atoms with van der Waals surface area (Å²) in [5, 5.41) is 0. The molecule has 0 amide bonds. The molecule has 0 saturated carbocycles. The minimum Gasteiger partial charge on any atom is -0.166 e. The Labute approximate surface area is 116 Å². The number of halogens is 3. The summed E-state index contributed by atoms with van der Waals surface area (Å²) in [6, 6.07) is 11.2. The molecule has 0 aliphatic carbocycles. The Morgan fingerprint density at radius 2 is 1.30 bits per heavy atom. The molecule has 0 fully saturated rings. The van der Waals surface area contributed by atoms with Crippen molar-refractivity contribution < 1.29 is 13.2 Å². The molecule has 0 aromatic heterocycles. The Kier molecular flexibility index (Phi) is 3.98. The standard InChI is InChI=1S/C17H15F3/c1-12-3-4-15(11-13(12)2)6-5-14-7-9-16(10-8-14)17(18,19)20/h3-11H,1-2H3/b6-5+. The van der Waals surface area contributed by atoms with E-state index >= 15 is 0 Å². The Morgan fingerprint density at radius 1 is 0.750 bits per heavy atom. The maximum atomic E-state index is 12.4. The number of rotatable bonds is 2. The number of hydrogen-bond donors (Lipinski definition) is 0. The lowest BCUT2D eigenvalue weighted by Gasteiger charge is -2.06. The van der Waals surface area contributed by atoms with Crippen molar-refractivity contribution in [1.82, 2.24) is 0 Å². The van der Waals surface area contributed by atoms with Gasteiger partial charge < -0.3 is 0 Å². The third-order valence-electron chi connectivity index (χ3n) is 3.24. The van der Waals surface area contributed by atoms with Gasteiger partial charge in [-0.05, 0) is 48.2 Å². The molecule has 0 radical (unpaired) electrons. The average Bonchev–Trinajstić information content (AvgIpc) is 2.40. The molecular formula is C17H15F3. The normalized spacial score (nSPS) is 12.1. The van der Waals surface area contributed by atoms with Gasteiger partial charge in [0.2, 0.25) is 0 Å². The third kappa shape index (κ3) is 3.50. The van der Waals surface area contributed by atoms with Gasteiger partial charge >= 0.3 is 6.18 Å². The van der Waals surface area contributed by atoms with Gasteiger partial charge in [-0.25, -0.2) is 0 Å². The van der Waals surface area contributed by atoms with Crippen LogP contribution in [0.15, 0.2) is 42.5 Å². The zero-order valence-electron chi connectivity index (χ0n) is 11.3. The summed E-state index contributed by atoms with van der Waals surface area (Å²) < 4.78 is 37.3. The van der Waals surface area contributed by atoms with Gasteiger partial charge in [0.05, 0.1) is 5.56 Å². The van der Waals surface area contributed by atoms with E-state index in [9.17, 15) is 13.2 Å². The fourth-order valence-corrected chi connectivity index (χ4v) is 1.84. The Bertz CT molecular complexity index is 620. The van der Waals surface area contributed by atoms with Crippen LogP contribution < -0.4 is 0 Å². The molecule has 2 aromatic carbocycles. The number of aryl methyl sites for hydroxylation is 2. The molecule has 0 spiro atoms. The van der Waals surface area contributed by atoms with Gasteiger partial charge in [0.15, 0.2) is 0 Å². The number of alkyl halides is 3. The van der Waals surface area contributed by atoms with E-state index in [1.807, 2.05) is 38.1 Å². The second-order valence-corrected chi connectivity index (χ2v) is 4.80. The molecule has 0 bridgehead atoms. The molecule has 0 saturated heterocycles. The van der Waals surface area contributed by atoms with E-state index in [2.05, 4.69) is 6.07 Å². The number of benzene rings is 2. The largest absolute Gasteiger partial charge is 0.416 e. The lowest BCUT2D eigenvalue weighted by atomic mass is 10.0. The van der Waals surface area contributed by atoms with Crippen molar-refractivity contribution in [3.8, 4) is 0 Å². The van der Waals surface area contributed by atoms with E-state index < -0.39 is 11.7 Å². The van der Waals surface area contributed by atoms with Crippen molar-refractivity contribution in [2.45, 2.75) is 20.0 Å². The predicted octanol–water partition coefficient (Wildman–Crippen LogP) is 5.49. The van der Waals surface area contributed by atoms with Gasteiger partial charge in [-0.2, -0.15) is 13.2 Å². The summed E-state index contributed by atoms with van der Waals surface area (Å²) in [5.74, 6) is 0. The first-order valence-corrected chi connectivity index (χ1v) is 6.29. The van der Waals surface area contributed by atoms with E-state index in [4.69, 9.17) is 0 Å². The summed E-state index contributed by atoms with van der Waals surface area (Å²) in [7, 11) is 0. The zero-order chi connectivity index (χ0) is 14.8. The van der Waals surface area contributed by atoms with Crippen molar-refractivity contribution in [2.75, 3.05) is 0 Å². The van der Waals surface area contributed by atoms with Crippen LogP contribution in [-0.2, 0) is 6.18 Å². The average molecular weight is 276 g/mol. The van der Waals surface area contributed by atoms with Gasteiger partial charge in [0, 0.05) is 0 Å². The van der Waals surface area contributed by atoms with Crippen molar-refractivity contribution in [2.24, 2.45) is 0 Å². The maximum Gasteiger partial charge on any atom is 0.416 e. The molecule has 2 rings (SSSR count). The van der Waals surface area contributed by atoms with Crippen LogP contribution in [0.3, 0.4) is 0 Å². The van der Waals surface area contributed by atoms with Crippen molar-refractivity contribution in [3.63, 3.8) is 0 Å². The first-order chi connectivity index (χ1) is 9.36. The van der Waals surface area contributed by atoms with Crippen LogP contribution in [0, 0.1) is 13.8 Å². The summed E-state index contributed by atoms with van der Waals surface area (Å²) in [6.07, 6.45) is -0.574. The fraction of sp³-hybridized carbons (Fsp3) is 0.176. The fourth-order valence-electron chi connectivity index (χ4n) is 1.84. The van der Waals surface area contributed by atoms with Crippen LogP contribution in [0.2, 0.25) is 0 Å². The van der Waals surface area contributed by atoms with Crippen LogP contribution in [0.5, 0.6) is 0 Å². The summed E-state index contributed by atoms with van der Waals surface area (Å²) in [6.45, 7) is 4.07. The van der Waals surface area contributed by atoms with Gasteiger partial charge in [-0.1, -0.05) is 42.5 Å². The minimum atomic E-state index is -4.28. The lowest BCUT2D eigenvalue weighted by Crippen LogP contribution is -2.03. The van der Waals surface area contributed by atoms with Gasteiger partial charge in [0.25, 0.3) is 0 Å². The van der Waals surface area contributed by atoms with E-state index in [0.717, 1.165) is 23.3 Å². The highest BCUT2D eigenvalue weighted by Crippen LogP contribution is 2.29. The molecule has 0 heterocycles. The lowest BCUT2D eigenvalue weighted by molar-refractivity contribution is -0.137. The van der Waals surface area contributed by atoms with Crippen molar-refractivity contribution in [3.05, 3.63) is 70.3 Å². The molecule has 0 nitrogen and oxygen atoms in total. The second-order valence-electron chi connectivity index (χ2n) is 4.80. The summed E-state index contributed by atoms with van der Waals surface area (Å²) >= 11 is 0. The molecule has 0 unspecified atom stereocenters. The second kappa shape index (κ2) is 5.53. The molecule has 0 N–H and O–H groups in total. The number of hydrogen-bond acceptors (Lipinski definition) is 0. The predicted molar refractivity (Wildman–Crippen MR) is 76.3 cm³/mol. The van der Waals surface area contributed by atoms with Crippen LogP contribution >= 0.6 is 0 Å². The minimum absolute atomic E-state index is 0.624. The van der Waals surface area contributed by atoms with E-state index in [1.54, 1.807) is 0 Å². The zero-order valence-corrected chi connectivity index (χ0v) is 11.3. The first-order valence-electron chi connectivity index (χ1n) is 6.29. The van der Waals surface area contributed by atoms with Crippen molar-refractivity contribution in [1.29, 1.82) is 0 Å². The van der Waals surface area contributed by atoms with E-state index in [0.29, 0.717) is 0 Å². The van der Waals surface area contributed by atoms with Crippen LogP contribution in [0.4, 0.5) is 13.2 Å². The SMILES string of the molecule is Cc1ccc(/C=C/c2ccc(C(F)(F)F)cc2)cc1C. The summed E-state index contributed by atoms with van der Waals surface area (Å²) in [5.41, 5.74) is 3.57. The first kappa shape index (κ1) is 14.4. The van der Waals surface area contributed by atoms with E-state index in [-0.39, 0.29) is 0 Å². The van der Waals surface area contributed by atoms with E-state index in [1.165, 1.54) is 23.3 Å². The smallest absolute Gasteiger partial charge is 0.166 e. The maximum absolute atomic E-state index is 12.4. The Morgan fingerprint density at radius 3 is 1.85 bits per heavy atom. The quantitative estimate of drug-likeness (QED) is 0.636. The van der Waals surface area contributed by atoms with Gasteiger partial charge in [-0.15, -0.1) is 0 Å². The molecule has 0 atom stereocenters. The molecule has 3 heteroatoms. The highest BCUT2D eigenvalue weighted by molar-refractivity contribution is 5.70. The topological polar surface area (TPSA) is 0 Å². The molecule has 0 aliphatic rings. The molecule has 2 aromatic rings. The molecule has 20 heavy (non-hydrogen) atoms. The monoisotopic (exact) mass is 276 g/mol. The van der Waals surface area contributed by atoms with Gasteiger partial charge in [0.1, 0.15) is 0 Å². The van der Waals surface area contributed by atoms with Crippen LogP contribution in [0.25, 0.3) is 12.2 Å². The Hall–Kier alpha value is -2.03. The highest BCUT2D eigenvalue weighted by atomic mass is 19.4. The molecular weight excluding hydrogens is 261 g/mol. The molecule has 104 valence electrons. The highest BCUT2D eigenvalue weighted by Gasteiger charge is 2.29. The van der Waals surface area contributed by atoms with Crippen LogP contribution in [-0.4, -0.2) is 0 Å².